The number of ether oxygens (including phenoxy) is 2. The van der Waals surface area contributed by atoms with E-state index >= 15 is 0 Å². The SMILES string of the molecule is CC(C)N(CCO)C(=O)C1COc2ccccc2O1. The van der Waals surface area contributed by atoms with Crippen LogP contribution >= 0.6 is 0 Å². The highest BCUT2D eigenvalue weighted by atomic mass is 16.6. The molecule has 19 heavy (non-hydrogen) atoms. The number of carbonyl (C=O) groups excluding carboxylic acids is 1. The van der Waals surface area contributed by atoms with Gasteiger partial charge in [-0.1, -0.05) is 12.1 Å². The van der Waals surface area contributed by atoms with Crippen LogP contribution in [0.1, 0.15) is 13.8 Å². The van der Waals surface area contributed by atoms with Crippen LogP contribution in [0.4, 0.5) is 0 Å². The van der Waals surface area contributed by atoms with Gasteiger partial charge in [-0.2, -0.15) is 0 Å². The Morgan fingerprint density at radius 3 is 2.74 bits per heavy atom. The highest BCUT2D eigenvalue weighted by molar-refractivity contribution is 5.82. The van der Waals surface area contributed by atoms with Gasteiger partial charge < -0.3 is 19.5 Å². The first-order chi connectivity index (χ1) is 9.13. The summed E-state index contributed by atoms with van der Waals surface area (Å²) in [5.41, 5.74) is 0. The summed E-state index contributed by atoms with van der Waals surface area (Å²) in [5, 5.41) is 9.02. The van der Waals surface area contributed by atoms with Crippen molar-refractivity contribution in [1.82, 2.24) is 4.90 Å². The van der Waals surface area contributed by atoms with Gasteiger partial charge in [0.25, 0.3) is 5.91 Å². The quantitative estimate of drug-likeness (QED) is 0.884. The number of fused-ring (bicyclic) bond motifs is 1. The van der Waals surface area contributed by atoms with Crippen molar-refractivity contribution in [2.75, 3.05) is 19.8 Å². The van der Waals surface area contributed by atoms with E-state index < -0.39 is 6.10 Å². The predicted molar refractivity (Wildman–Crippen MR) is 70.3 cm³/mol. The van der Waals surface area contributed by atoms with Crippen LogP contribution < -0.4 is 9.47 Å². The zero-order chi connectivity index (χ0) is 13.8. The molecule has 1 aromatic carbocycles. The second kappa shape index (κ2) is 5.93. The van der Waals surface area contributed by atoms with Crippen molar-refractivity contribution in [2.45, 2.75) is 26.0 Å². The van der Waals surface area contributed by atoms with E-state index in [-0.39, 0.29) is 25.2 Å². The van der Waals surface area contributed by atoms with Gasteiger partial charge in [0.15, 0.2) is 11.5 Å². The maximum Gasteiger partial charge on any atom is 0.267 e. The van der Waals surface area contributed by atoms with Gasteiger partial charge in [0, 0.05) is 12.6 Å². The zero-order valence-corrected chi connectivity index (χ0v) is 11.2. The predicted octanol–water partition coefficient (Wildman–Crippen LogP) is 1.06. The second-order valence-corrected chi connectivity index (χ2v) is 4.71. The average molecular weight is 265 g/mol. The molecule has 0 saturated carbocycles. The van der Waals surface area contributed by atoms with Gasteiger partial charge in [0.05, 0.1) is 6.61 Å². The summed E-state index contributed by atoms with van der Waals surface area (Å²) in [6.45, 7) is 4.26. The van der Waals surface area contributed by atoms with Gasteiger partial charge in [-0.15, -0.1) is 0 Å². The molecule has 0 fully saturated rings. The fraction of sp³-hybridized carbons (Fsp3) is 0.500. The molecule has 0 aliphatic carbocycles. The van der Waals surface area contributed by atoms with E-state index in [0.717, 1.165) is 0 Å². The number of nitrogens with zero attached hydrogens (tertiary/aromatic N) is 1. The van der Waals surface area contributed by atoms with E-state index in [1.165, 1.54) is 0 Å². The Labute approximate surface area is 112 Å². The van der Waals surface area contributed by atoms with Crippen LogP contribution in [-0.4, -0.2) is 47.8 Å². The highest BCUT2D eigenvalue weighted by Crippen LogP contribution is 2.31. The lowest BCUT2D eigenvalue weighted by atomic mass is 10.2. The first-order valence-electron chi connectivity index (χ1n) is 6.43. The molecule has 1 heterocycles. The Kier molecular flexibility index (Phi) is 4.27. The average Bonchev–Trinajstić information content (AvgIpc) is 2.43. The number of amides is 1. The maximum absolute atomic E-state index is 12.3. The van der Waals surface area contributed by atoms with Crippen molar-refractivity contribution in [3.8, 4) is 11.5 Å². The molecule has 1 aromatic rings. The zero-order valence-electron chi connectivity index (χ0n) is 11.2. The topological polar surface area (TPSA) is 59.0 Å². The lowest BCUT2D eigenvalue weighted by Gasteiger charge is -2.32. The lowest BCUT2D eigenvalue weighted by molar-refractivity contribution is -0.143. The Balaban J connectivity index is 2.09. The number of rotatable bonds is 4. The summed E-state index contributed by atoms with van der Waals surface area (Å²) in [4.78, 5) is 13.9. The molecule has 5 nitrogen and oxygen atoms in total. The van der Waals surface area contributed by atoms with E-state index in [1.54, 1.807) is 11.0 Å². The number of para-hydroxylation sites is 2. The first kappa shape index (κ1) is 13.7. The van der Waals surface area contributed by atoms with Crippen molar-refractivity contribution in [3.63, 3.8) is 0 Å². The molecule has 1 amide bonds. The number of aliphatic hydroxyl groups excluding tert-OH is 1. The standard InChI is InChI=1S/C14H19NO4/c1-10(2)15(7-8-16)14(17)13-9-18-11-5-3-4-6-12(11)19-13/h3-6,10,13,16H,7-9H2,1-2H3. The summed E-state index contributed by atoms with van der Waals surface area (Å²) < 4.78 is 11.2. The van der Waals surface area contributed by atoms with E-state index in [1.807, 2.05) is 32.0 Å². The molecule has 1 N–H and O–H groups in total. The molecule has 1 atom stereocenters. The second-order valence-electron chi connectivity index (χ2n) is 4.71. The fourth-order valence-electron chi connectivity index (χ4n) is 2.06. The van der Waals surface area contributed by atoms with Gasteiger partial charge in [-0.05, 0) is 26.0 Å². The lowest BCUT2D eigenvalue weighted by Crippen LogP contribution is -2.49. The third kappa shape index (κ3) is 2.98. The van der Waals surface area contributed by atoms with E-state index in [2.05, 4.69) is 0 Å². The molecule has 5 heteroatoms. The number of hydrogen-bond acceptors (Lipinski definition) is 4. The number of benzene rings is 1. The van der Waals surface area contributed by atoms with Crippen LogP contribution in [-0.2, 0) is 4.79 Å². The smallest absolute Gasteiger partial charge is 0.267 e. The van der Waals surface area contributed by atoms with Gasteiger partial charge in [-0.25, -0.2) is 0 Å². The molecule has 0 aromatic heterocycles. The van der Waals surface area contributed by atoms with Crippen LogP contribution in [0.3, 0.4) is 0 Å². The van der Waals surface area contributed by atoms with E-state index in [4.69, 9.17) is 14.6 Å². The molecular weight excluding hydrogens is 246 g/mol. The van der Waals surface area contributed by atoms with E-state index in [0.29, 0.717) is 18.0 Å². The minimum Gasteiger partial charge on any atom is -0.485 e. The van der Waals surface area contributed by atoms with E-state index in [9.17, 15) is 4.79 Å². The summed E-state index contributed by atoms with van der Waals surface area (Å²) in [5.74, 6) is 1.09. The molecule has 2 rings (SSSR count). The molecule has 1 unspecified atom stereocenters. The Bertz CT molecular complexity index is 447. The van der Waals surface area contributed by atoms with Crippen LogP contribution in [0.5, 0.6) is 11.5 Å². The Hall–Kier alpha value is -1.75. The monoisotopic (exact) mass is 265 g/mol. The van der Waals surface area contributed by atoms with Crippen molar-refractivity contribution >= 4 is 5.91 Å². The fourth-order valence-corrected chi connectivity index (χ4v) is 2.06. The van der Waals surface area contributed by atoms with Gasteiger partial charge >= 0.3 is 0 Å². The van der Waals surface area contributed by atoms with Gasteiger partial charge in [0.1, 0.15) is 6.61 Å². The van der Waals surface area contributed by atoms with Crippen LogP contribution in [0.25, 0.3) is 0 Å². The number of aliphatic hydroxyl groups is 1. The highest BCUT2D eigenvalue weighted by Gasteiger charge is 2.31. The molecule has 0 saturated heterocycles. The molecule has 0 bridgehead atoms. The minimum absolute atomic E-state index is 0.0143. The summed E-state index contributed by atoms with van der Waals surface area (Å²) in [7, 11) is 0. The Morgan fingerprint density at radius 1 is 1.42 bits per heavy atom. The number of hydrogen-bond donors (Lipinski definition) is 1. The summed E-state index contributed by atoms with van der Waals surface area (Å²) >= 11 is 0. The molecule has 104 valence electrons. The summed E-state index contributed by atoms with van der Waals surface area (Å²) in [6.07, 6.45) is -0.649. The van der Waals surface area contributed by atoms with Crippen LogP contribution in [0.2, 0.25) is 0 Å². The third-order valence-electron chi connectivity index (χ3n) is 3.03. The van der Waals surface area contributed by atoms with Crippen molar-refractivity contribution in [3.05, 3.63) is 24.3 Å². The molecular formula is C14H19NO4. The molecule has 1 aliphatic heterocycles. The van der Waals surface area contributed by atoms with Crippen molar-refractivity contribution < 1.29 is 19.4 Å². The third-order valence-corrected chi connectivity index (χ3v) is 3.03. The normalized spacial score (nSPS) is 17.4. The molecule has 0 spiro atoms. The Morgan fingerprint density at radius 2 is 2.11 bits per heavy atom. The maximum atomic E-state index is 12.3. The molecule has 1 aliphatic rings. The summed E-state index contributed by atoms with van der Waals surface area (Å²) in [6, 6.07) is 7.30. The number of carbonyl (C=O) groups is 1. The first-order valence-corrected chi connectivity index (χ1v) is 6.43. The van der Waals surface area contributed by atoms with Crippen LogP contribution in [0.15, 0.2) is 24.3 Å². The minimum atomic E-state index is -0.649. The van der Waals surface area contributed by atoms with Crippen molar-refractivity contribution in [1.29, 1.82) is 0 Å². The van der Waals surface area contributed by atoms with Gasteiger partial charge in [0.2, 0.25) is 6.10 Å². The largest absolute Gasteiger partial charge is 0.485 e. The van der Waals surface area contributed by atoms with Gasteiger partial charge in [-0.3, -0.25) is 4.79 Å². The van der Waals surface area contributed by atoms with Crippen molar-refractivity contribution in [2.24, 2.45) is 0 Å². The molecule has 0 radical (unpaired) electrons. The van der Waals surface area contributed by atoms with Crippen LogP contribution in [0, 0.1) is 0 Å².